The summed E-state index contributed by atoms with van der Waals surface area (Å²) in [6, 6.07) is 7.37. The van der Waals surface area contributed by atoms with Gasteiger partial charge in [-0.25, -0.2) is 0 Å². The summed E-state index contributed by atoms with van der Waals surface area (Å²) >= 11 is 5.93. The van der Waals surface area contributed by atoms with Gasteiger partial charge in [-0.3, -0.25) is 14.8 Å². The van der Waals surface area contributed by atoms with Crippen LogP contribution in [0.5, 0.6) is 0 Å². The standard InChI is InChI=1S/C22H22ClN5O3/c23-17-3-1-13(2-4-17)8-19-24-25-21(31-19)20-18(28(29)30)12-27(26-20)22-9-14-5-15(10-22)7-16(6-14)11-22/h1-4,12,14-16H,5-11H2. The fourth-order valence-electron chi connectivity index (χ4n) is 6.44. The van der Waals surface area contributed by atoms with E-state index < -0.39 is 4.92 Å². The quantitative estimate of drug-likeness (QED) is 0.409. The summed E-state index contributed by atoms with van der Waals surface area (Å²) in [4.78, 5) is 11.4. The van der Waals surface area contributed by atoms with Crippen LogP contribution in [0, 0.1) is 27.9 Å². The zero-order chi connectivity index (χ0) is 21.2. The lowest BCUT2D eigenvalue weighted by Crippen LogP contribution is -2.52. The van der Waals surface area contributed by atoms with Crippen molar-refractivity contribution in [2.24, 2.45) is 17.8 Å². The molecule has 4 bridgehead atoms. The van der Waals surface area contributed by atoms with E-state index in [1.165, 1.54) is 19.3 Å². The van der Waals surface area contributed by atoms with Crippen LogP contribution in [0.25, 0.3) is 11.6 Å². The number of rotatable bonds is 5. The van der Waals surface area contributed by atoms with E-state index in [2.05, 4.69) is 15.3 Å². The van der Waals surface area contributed by atoms with Crippen molar-refractivity contribution < 1.29 is 9.34 Å². The monoisotopic (exact) mass is 439 g/mol. The number of hydrogen-bond acceptors (Lipinski definition) is 6. The van der Waals surface area contributed by atoms with Gasteiger partial charge in [-0.15, -0.1) is 10.2 Å². The van der Waals surface area contributed by atoms with Crippen LogP contribution in [0.3, 0.4) is 0 Å². The molecule has 8 nitrogen and oxygen atoms in total. The highest BCUT2D eigenvalue weighted by Crippen LogP contribution is 2.59. The Balaban J connectivity index is 1.33. The number of nitro groups is 1. The second-order valence-corrected chi connectivity index (χ2v) is 9.95. The third-order valence-corrected chi connectivity index (χ3v) is 7.57. The van der Waals surface area contributed by atoms with Gasteiger partial charge in [0.1, 0.15) is 6.20 Å². The van der Waals surface area contributed by atoms with E-state index in [1.807, 2.05) is 16.8 Å². The summed E-state index contributed by atoms with van der Waals surface area (Å²) in [5.74, 6) is 2.63. The molecule has 0 N–H and O–H groups in total. The highest BCUT2D eigenvalue weighted by atomic mass is 35.5. The van der Waals surface area contributed by atoms with Crippen LogP contribution in [0.1, 0.15) is 50.0 Å². The molecule has 4 aliphatic rings. The third kappa shape index (κ3) is 3.24. The van der Waals surface area contributed by atoms with Crippen LogP contribution in [0.2, 0.25) is 5.02 Å². The number of hydrogen-bond donors (Lipinski definition) is 0. The molecule has 9 heteroatoms. The average molecular weight is 440 g/mol. The van der Waals surface area contributed by atoms with Gasteiger partial charge in [-0.05, 0) is 74.0 Å². The zero-order valence-corrected chi connectivity index (χ0v) is 17.7. The molecule has 31 heavy (non-hydrogen) atoms. The molecule has 0 atom stereocenters. The van der Waals surface area contributed by atoms with Crippen molar-refractivity contribution in [3.63, 3.8) is 0 Å². The molecule has 4 fully saturated rings. The molecule has 7 rings (SSSR count). The second-order valence-electron chi connectivity index (χ2n) is 9.51. The first-order valence-electron chi connectivity index (χ1n) is 10.8. The van der Waals surface area contributed by atoms with Crippen molar-refractivity contribution in [2.75, 3.05) is 0 Å². The van der Waals surface area contributed by atoms with E-state index in [0.29, 0.717) is 35.1 Å². The predicted molar refractivity (Wildman–Crippen MR) is 113 cm³/mol. The van der Waals surface area contributed by atoms with Crippen molar-refractivity contribution in [1.82, 2.24) is 20.0 Å². The fraction of sp³-hybridized carbons (Fsp3) is 0.500. The number of benzene rings is 1. The Labute approximate surface area is 183 Å². The van der Waals surface area contributed by atoms with Gasteiger partial charge in [0.2, 0.25) is 11.6 Å². The largest absolute Gasteiger partial charge is 0.419 e. The lowest BCUT2D eigenvalue weighted by atomic mass is 9.53. The van der Waals surface area contributed by atoms with Gasteiger partial charge in [0.05, 0.1) is 16.9 Å². The van der Waals surface area contributed by atoms with Crippen molar-refractivity contribution in [1.29, 1.82) is 0 Å². The lowest BCUT2D eigenvalue weighted by Gasteiger charge is -2.56. The molecule has 160 valence electrons. The van der Waals surface area contributed by atoms with Crippen LogP contribution in [-0.2, 0) is 12.0 Å². The molecule has 0 spiro atoms. The Bertz CT molecular complexity index is 1120. The second kappa shape index (κ2) is 6.88. The normalized spacial score (nSPS) is 28.9. The maximum atomic E-state index is 11.8. The summed E-state index contributed by atoms with van der Waals surface area (Å²) in [6.45, 7) is 0. The van der Waals surface area contributed by atoms with E-state index in [1.54, 1.807) is 18.3 Å². The van der Waals surface area contributed by atoms with Crippen LogP contribution < -0.4 is 0 Å². The number of halogens is 1. The Hall–Kier alpha value is -2.74. The van der Waals surface area contributed by atoms with Crippen molar-refractivity contribution in [3.05, 3.63) is 57.1 Å². The number of aromatic nitrogens is 4. The number of nitrogens with zero attached hydrogens (tertiary/aromatic N) is 5. The molecule has 0 saturated heterocycles. The van der Waals surface area contributed by atoms with Crippen LogP contribution in [0.15, 0.2) is 34.9 Å². The maximum absolute atomic E-state index is 11.8. The van der Waals surface area contributed by atoms with Crippen LogP contribution >= 0.6 is 11.6 Å². The predicted octanol–water partition coefficient (Wildman–Crippen LogP) is 5.01. The minimum atomic E-state index is -0.400. The summed E-state index contributed by atoms with van der Waals surface area (Å²) in [7, 11) is 0. The van der Waals surface area contributed by atoms with E-state index in [4.69, 9.17) is 16.0 Å². The lowest BCUT2D eigenvalue weighted by molar-refractivity contribution is -0.384. The van der Waals surface area contributed by atoms with Crippen LogP contribution in [-0.4, -0.2) is 24.9 Å². The molecular formula is C22H22ClN5O3. The molecule has 1 aromatic carbocycles. The molecular weight excluding hydrogens is 418 g/mol. The molecule has 4 aliphatic carbocycles. The molecule has 4 saturated carbocycles. The highest BCUT2D eigenvalue weighted by molar-refractivity contribution is 6.30. The molecule has 0 aliphatic heterocycles. The summed E-state index contributed by atoms with van der Waals surface area (Å²) < 4.78 is 7.66. The summed E-state index contributed by atoms with van der Waals surface area (Å²) in [5.41, 5.74) is 0.949. The van der Waals surface area contributed by atoms with Gasteiger partial charge in [0.15, 0.2) is 0 Å². The minimum absolute atomic E-state index is 0.0718. The van der Waals surface area contributed by atoms with E-state index in [9.17, 15) is 10.1 Å². The van der Waals surface area contributed by atoms with E-state index in [-0.39, 0.29) is 22.8 Å². The van der Waals surface area contributed by atoms with Gasteiger partial charge in [-0.1, -0.05) is 23.7 Å². The average Bonchev–Trinajstić information content (AvgIpc) is 3.36. The molecule has 2 heterocycles. The van der Waals surface area contributed by atoms with Gasteiger partial charge < -0.3 is 4.42 Å². The van der Waals surface area contributed by atoms with Gasteiger partial charge in [0.25, 0.3) is 5.89 Å². The first-order chi connectivity index (χ1) is 15.0. The smallest absolute Gasteiger partial charge is 0.320 e. The topological polar surface area (TPSA) is 99.9 Å². The summed E-state index contributed by atoms with van der Waals surface area (Å²) in [5, 5.41) is 25.3. The van der Waals surface area contributed by atoms with Gasteiger partial charge in [0, 0.05) is 5.02 Å². The summed E-state index contributed by atoms with van der Waals surface area (Å²) in [6.07, 6.45) is 9.08. The Morgan fingerprint density at radius 3 is 2.35 bits per heavy atom. The highest BCUT2D eigenvalue weighted by Gasteiger charge is 2.53. The van der Waals surface area contributed by atoms with Crippen molar-refractivity contribution in [2.45, 2.75) is 50.5 Å². The van der Waals surface area contributed by atoms with E-state index in [0.717, 1.165) is 24.8 Å². The molecule has 2 aromatic heterocycles. The SMILES string of the molecule is O=[N+]([O-])c1cn(C23CC4CC(CC(C4)C2)C3)nc1-c1nnc(Cc2ccc(Cl)cc2)o1. The zero-order valence-electron chi connectivity index (χ0n) is 16.9. The van der Waals surface area contributed by atoms with Gasteiger partial charge >= 0.3 is 5.69 Å². The maximum Gasteiger partial charge on any atom is 0.320 e. The van der Waals surface area contributed by atoms with Crippen molar-refractivity contribution in [3.8, 4) is 11.6 Å². The van der Waals surface area contributed by atoms with Crippen molar-refractivity contribution >= 4 is 17.3 Å². The molecule has 0 amide bonds. The Kier molecular flexibility index (Phi) is 4.21. The molecule has 0 unspecified atom stereocenters. The fourth-order valence-corrected chi connectivity index (χ4v) is 6.56. The Morgan fingerprint density at radius 1 is 1.10 bits per heavy atom. The first-order valence-corrected chi connectivity index (χ1v) is 11.2. The molecule has 3 aromatic rings. The van der Waals surface area contributed by atoms with E-state index >= 15 is 0 Å². The third-order valence-electron chi connectivity index (χ3n) is 7.32. The molecule has 0 radical (unpaired) electrons. The van der Waals surface area contributed by atoms with Crippen LogP contribution in [0.4, 0.5) is 5.69 Å². The first kappa shape index (κ1) is 19.0. The van der Waals surface area contributed by atoms with Gasteiger partial charge in [-0.2, -0.15) is 5.10 Å². The Morgan fingerprint density at radius 2 is 1.74 bits per heavy atom. The minimum Gasteiger partial charge on any atom is -0.419 e.